The van der Waals surface area contributed by atoms with E-state index in [4.69, 9.17) is 18.9 Å². The Labute approximate surface area is 194 Å². The van der Waals surface area contributed by atoms with E-state index in [0.717, 1.165) is 24.1 Å². The topological polar surface area (TPSA) is 74.3 Å². The molecule has 2 saturated heterocycles. The van der Waals surface area contributed by atoms with Crippen LogP contribution in [0.25, 0.3) is 0 Å². The predicted molar refractivity (Wildman–Crippen MR) is 122 cm³/mol. The van der Waals surface area contributed by atoms with Gasteiger partial charge in [-0.15, -0.1) is 0 Å². The Morgan fingerprint density at radius 3 is 2.61 bits per heavy atom. The summed E-state index contributed by atoms with van der Waals surface area (Å²) in [7, 11) is 3.03. The Morgan fingerprint density at radius 2 is 1.85 bits per heavy atom. The maximum Gasteiger partial charge on any atom is 0.310 e. The highest BCUT2D eigenvalue weighted by molar-refractivity contribution is 5.74. The summed E-state index contributed by atoms with van der Waals surface area (Å²) in [6.45, 7) is 1.99. The van der Waals surface area contributed by atoms with Crippen LogP contribution in [-0.2, 0) is 32.1 Å². The van der Waals surface area contributed by atoms with Crippen LogP contribution >= 0.6 is 0 Å². The molecule has 176 valence electrons. The van der Waals surface area contributed by atoms with Crippen molar-refractivity contribution in [3.8, 4) is 11.5 Å². The second-order valence-corrected chi connectivity index (χ2v) is 8.59. The number of hydrogen-bond donors (Lipinski definition) is 0. The summed E-state index contributed by atoms with van der Waals surface area (Å²) in [5, 5.41) is 0. The molecule has 2 fully saturated rings. The molecule has 2 aromatic carbocycles. The standard InChI is InChI=1S/C26H31NO6/c1-30-24-14-18(8-10-23(24)32-17-19-6-4-3-5-7-19)9-11-25(28)33-20-15-22-21(26(29)31-2)12-13-27(22)16-20/h3-8,10,14,20-22H,9,11-13,15-17H2,1-2H3. The van der Waals surface area contributed by atoms with E-state index >= 15 is 0 Å². The summed E-state index contributed by atoms with van der Waals surface area (Å²) in [6, 6.07) is 15.8. The average Bonchev–Trinajstić information content (AvgIpc) is 3.42. The van der Waals surface area contributed by atoms with Gasteiger partial charge in [-0.2, -0.15) is 0 Å². The maximum atomic E-state index is 12.5. The van der Waals surface area contributed by atoms with Crippen molar-refractivity contribution >= 4 is 11.9 Å². The van der Waals surface area contributed by atoms with Crippen LogP contribution in [0, 0.1) is 5.92 Å². The number of ether oxygens (including phenoxy) is 4. The van der Waals surface area contributed by atoms with Gasteiger partial charge < -0.3 is 18.9 Å². The smallest absolute Gasteiger partial charge is 0.310 e. The summed E-state index contributed by atoms with van der Waals surface area (Å²) in [5.41, 5.74) is 2.06. The lowest BCUT2D eigenvalue weighted by atomic mass is 9.98. The molecule has 0 amide bonds. The van der Waals surface area contributed by atoms with Crippen molar-refractivity contribution in [3.63, 3.8) is 0 Å². The van der Waals surface area contributed by atoms with Crippen molar-refractivity contribution in [1.29, 1.82) is 0 Å². The van der Waals surface area contributed by atoms with Crippen LogP contribution in [0.4, 0.5) is 0 Å². The van der Waals surface area contributed by atoms with Crippen LogP contribution in [0.3, 0.4) is 0 Å². The van der Waals surface area contributed by atoms with Gasteiger partial charge in [-0.05, 0) is 42.6 Å². The maximum absolute atomic E-state index is 12.5. The lowest BCUT2D eigenvalue weighted by Crippen LogP contribution is -2.30. The molecule has 3 atom stereocenters. The minimum Gasteiger partial charge on any atom is -0.493 e. The van der Waals surface area contributed by atoms with Crippen molar-refractivity contribution in [2.24, 2.45) is 5.92 Å². The van der Waals surface area contributed by atoms with Crippen LogP contribution in [0.1, 0.15) is 30.4 Å². The molecule has 7 heteroatoms. The fourth-order valence-corrected chi connectivity index (χ4v) is 4.79. The van der Waals surface area contributed by atoms with Gasteiger partial charge >= 0.3 is 11.9 Å². The number of hydrogen-bond acceptors (Lipinski definition) is 7. The van der Waals surface area contributed by atoms with Crippen LogP contribution in [0.2, 0.25) is 0 Å². The van der Waals surface area contributed by atoms with Crippen molar-refractivity contribution < 1.29 is 28.5 Å². The number of rotatable bonds is 9. The second-order valence-electron chi connectivity index (χ2n) is 8.59. The van der Waals surface area contributed by atoms with E-state index in [-0.39, 0.29) is 36.4 Å². The molecular formula is C26H31NO6. The highest BCUT2D eigenvalue weighted by atomic mass is 16.5. The van der Waals surface area contributed by atoms with Crippen molar-refractivity contribution in [2.75, 3.05) is 27.3 Å². The molecule has 0 spiro atoms. The first-order valence-corrected chi connectivity index (χ1v) is 11.4. The van der Waals surface area contributed by atoms with E-state index in [9.17, 15) is 9.59 Å². The summed E-state index contributed by atoms with van der Waals surface area (Å²) >= 11 is 0. The van der Waals surface area contributed by atoms with E-state index in [1.807, 2.05) is 48.5 Å². The molecule has 0 aliphatic carbocycles. The molecular weight excluding hydrogens is 422 g/mol. The van der Waals surface area contributed by atoms with Crippen molar-refractivity contribution in [1.82, 2.24) is 4.90 Å². The Kier molecular flexibility index (Phi) is 7.50. The molecule has 7 nitrogen and oxygen atoms in total. The van der Waals surface area contributed by atoms with E-state index in [2.05, 4.69) is 4.90 Å². The molecule has 2 aliphatic rings. The lowest BCUT2D eigenvalue weighted by molar-refractivity contribution is -0.148. The molecule has 2 heterocycles. The van der Waals surface area contributed by atoms with Gasteiger partial charge in [0.25, 0.3) is 0 Å². The molecule has 0 aromatic heterocycles. The SMILES string of the molecule is COC(=O)C1CCN2CC(OC(=O)CCc3ccc(OCc4ccccc4)c(OC)c3)CC12. The molecule has 4 rings (SSSR count). The van der Waals surface area contributed by atoms with Gasteiger partial charge in [0.15, 0.2) is 11.5 Å². The summed E-state index contributed by atoms with van der Waals surface area (Å²) in [6.07, 6.45) is 2.17. The highest BCUT2D eigenvalue weighted by Crippen LogP contribution is 2.35. The van der Waals surface area contributed by atoms with E-state index in [1.54, 1.807) is 7.11 Å². The Morgan fingerprint density at radius 1 is 1.03 bits per heavy atom. The zero-order chi connectivity index (χ0) is 23.2. The summed E-state index contributed by atoms with van der Waals surface area (Å²) < 4.78 is 22.0. The normalized spacial score (nSPS) is 21.9. The lowest BCUT2D eigenvalue weighted by Gasteiger charge is -2.17. The van der Waals surface area contributed by atoms with E-state index in [1.165, 1.54) is 7.11 Å². The van der Waals surface area contributed by atoms with Crippen LogP contribution < -0.4 is 9.47 Å². The summed E-state index contributed by atoms with van der Waals surface area (Å²) in [4.78, 5) is 26.6. The first kappa shape index (κ1) is 23.1. The third-order valence-electron chi connectivity index (χ3n) is 6.49. The highest BCUT2D eigenvalue weighted by Gasteiger charge is 2.46. The third kappa shape index (κ3) is 5.66. The van der Waals surface area contributed by atoms with Crippen LogP contribution in [0.5, 0.6) is 11.5 Å². The molecule has 0 N–H and O–H groups in total. The Balaban J connectivity index is 1.26. The van der Waals surface area contributed by atoms with Crippen molar-refractivity contribution in [2.45, 2.75) is 44.4 Å². The number of esters is 2. The van der Waals surface area contributed by atoms with Gasteiger partial charge in [-0.1, -0.05) is 36.4 Å². The number of carbonyl (C=O) groups is 2. The molecule has 3 unspecified atom stereocenters. The molecule has 0 bridgehead atoms. The zero-order valence-electron chi connectivity index (χ0n) is 19.2. The fourth-order valence-electron chi connectivity index (χ4n) is 4.79. The van der Waals surface area contributed by atoms with Gasteiger partial charge in [-0.3, -0.25) is 14.5 Å². The van der Waals surface area contributed by atoms with Crippen molar-refractivity contribution in [3.05, 3.63) is 59.7 Å². The Bertz CT molecular complexity index is 963. The number of carbonyl (C=O) groups excluding carboxylic acids is 2. The molecule has 2 aliphatic heterocycles. The molecule has 2 aromatic rings. The van der Waals surface area contributed by atoms with Crippen LogP contribution in [-0.4, -0.2) is 56.3 Å². The number of aryl methyl sites for hydroxylation is 1. The molecule has 0 saturated carbocycles. The number of benzene rings is 2. The van der Waals surface area contributed by atoms with Gasteiger partial charge in [-0.25, -0.2) is 0 Å². The van der Waals surface area contributed by atoms with Gasteiger partial charge in [0.1, 0.15) is 12.7 Å². The molecule has 33 heavy (non-hydrogen) atoms. The first-order valence-electron chi connectivity index (χ1n) is 11.4. The fraction of sp³-hybridized carbons (Fsp3) is 0.462. The minimum atomic E-state index is -0.223. The number of methoxy groups -OCH3 is 2. The van der Waals surface area contributed by atoms with E-state index < -0.39 is 0 Å². The zero-order valence-corrected chi connectivity index (χ0v) is 19.2. The Hall–Kier alpha value is -3.06. The predicted octanol–water partition coefficient (Wildman–Crippen LogP) is 3.39. The number of nitrogens with zero attached hydrogens (tertiary/aromatic N) is 1. The van der Waals surface area contributed by atoms with Crippen LogP contribution in [0.15, 0.2) is 48.5 Å². The third-order valence-corrected chi connectivity index (χ3v) is 6.49. The van der Waals surface area contributed by atoms with Gasteiger partial charge in [0.2, 0.25) is 0 Å². The average molecular weight is 454 g/mol. The minimum absolute atomic E-state index is 0.114. The molecule has 0 radical (unpaired) electrons. The summed E-state index contributed by atoms with van der Waals surface area (Å²) in [5.74, 6) is 0.800. The van der Waals surface area contributed by atoms with Gasteiger partial charge in [0, 0.05) is 25.4 Å². The monoisotopic (exact) mass is 453 g/mol. The quantitative estimate of drug-likeness (QED) is 0.539. The largest absolute Gasteiger partial charge is 0.493 e. The van der Waals surface area contributed by atoms with Gasteiger partial charge in [0.05, 0.1) is 20.1 Å². The second kappa shape index (κ2) is 10.7. The first-order chi connectivity index (χ1) is 16.1. The number of fused-ring (bicyclic) bond motifs is 1. The van der Waals surface area contributed by atoms with E-state index in [0.29, 0.717) is 37.5 Å².